The van der Waals surface area contributed by atoms with E-state index in [1.165, 1.54) is 5.56 Å². The molecule has 1 aliphatic rings. The van der Waals surface area contributed by atoms with E-state index in [0.717, 1.165) is 32.2 Å². The number of rotatable bonds is 5. The van der Waals surface area contributed by atoms with Gasteiger partial charge < -0.3 is 9.80 Å². The number of piperidine rings is 1. The van der Waals surface area contributed by atoms with Gasteiger partial charge in [-0.1, -0.05) is 43.7 Å². The van der Waals surface area contributed by atoms with Gasteiger partial charge in [-0.3, -0.25) is 4.79 Å². The first-order valence-electron chi connectivity index (χ1n) is 8.14. The average molecular weight is 288 g/mol. The number of unbranched alkanes of at least 4 members (excludes halogenated alkanes) is 1. The van der Waals surface area contributed by atoms with Gasteiger partial charge in [-0.05, 0) is 38.9 Å². The second kappa shape index (κ2) is 7.60. The Balaban J connectivity index is 2.16. The Hall–Kier alpha value is -1.35. The summed E-state index contributed by atoms with van der Waals surface area (Å²) in [5, 5.41) is 0. The molecule has 1 aliphatic heterocycles. The molecule has 0 spiro atoms. The van der Waals surface area contributed by atoms with Gasteiger partial charge >= 0.3 is 0 Å². The highest BCUT2D eigenvalue weighted by Gasteiger charge is 2.32. The highest BCUT2D eigenvalue weighted by atomic mass is 16.2. The monoisotopic (exact) mass is 288 g/mol. The Bertz CT molecular complexity index is 444. The van der Waals surface area contributed by atoms with E-state index in [-0.39, 0.29) is 6.04 Å². The molecule has 1 aromatic carbocycles. The van der Waals surface area contributed by atoms with Crippen molar-refractivity contribution in [2.75, 3.05) is 20.6 Å². The molecule has 0 aromatic heterocycles. The first-order valence-corrected chi connectivity index (χ1v) is 8.14. The van der Waals surface area contributed by atoms with E-state index in [1.807, 2.05) is 6.07 Å². The highest BCUT2D eigenvalue weighted by molar-refractivity contribution is 5.76. The van der Waals surface area contributed by atoms with Crippen molar-refractivity contribution in [2.24, 2.45) is 0 Å². The molecule has 2 atom stereocenters. The van der Waals surface area contributed by atoms with Crippen LogP contribution >= 0.6 is 0 Å². The number of benzene rings is 1. The number of likely N-dealkylation sites (tertiary alicyclic amines) is 1. The van der Waals surface area contributed by atoms with Gasteiger partial charge in [0.15, 0.2) is 0 Å². The lowest BCUT2D eigenvalue weighted by molar-refractivity contribution is -0.136. The van der Waals surface area contributed by atoms with Crippen LogP contribution in [-0.2, 0) is 4.79 Å². The first kappa shape index (κ1) is 16.0. The van der Waals surface area contributed by atoms with Crippen LogP contribution in [0.5, 0.6) is 0 Å². The molecule has 0 aliphatic carbocycles. The van der Waals surface area contributed by atoms with Gasteiger partial charge in [0.25, 0.3) is 0 Å². The van der Waals surface area contributed by atoms with Gasteiger partial charge in [-0.15, -0.1) is 0 Å². The molecule has 2 rings (SSSR count). The Kier molecular flexibility index (Phi) is 5.80. The largest absolute Gasteiger partial charge is 0.336 e. The summed E-state index contributed by atoms with van der Waals surface area (Å²) in [7, 11) is 4.28. The minimum absolute atomic E-state index is 0.233. The predicted molar refractivity (Wildman–Crippen MR) is 87.1 cm³/mol. The molecule has 0 bridgehead atoms. The van der Waals surface area contributed by atoms with Crippen LogP contribution in [0.15, 0.2) is 30.3 Å². The lowest BCUT2D eigenvalue weighted by Crippen LogP contribution is -2.46. The van der Waals surface area contributed by atoms with E-state index in [2.05, 4.69) is 55.1 Å². The molecule has 2 unspecified atom stereocenters. The van der Waals surface area contributed by atoms with Gasteiger partial charge in [-0.25, -0.2) is 0 Å². The molecule has 0 N–H and O–H groups in total. The fourth-order valence-corrected chi connectivity index (χ4v) is 3.18. The molecule has 21 heavy (non-hydrogen) atoms. The summed E-state index contributed by atoms with van der Waals surface area (Å²) in [6.45, 7) is 3.02. The van der Waals surface area contributed by atoms with Crippen molar-refractivity contribution in [1.82, 2.24) is 9.80 Å². The quantitative estimate of drug-likeness (QED) is 0.828. The fraction of sp³-hybridized carbons (Fsp3) is 0.611. The van der Waals surface area contributed by atoms with Crippen molar-refractivity contribution < 1.29 is 4.79 Å². The number of amides is 1. The molecule has 1 heterocycles. The molecule has 1 aromatic rings. The number of nitrogens with zero attached hydrogens (tertiary/aromatic N) is 2. The molecule has 116 valence electrons. The maximum atomic E-state index is 12.5. The summed E-state index contributed by atoms with van der Waals surface area (Å²) >= 11 is 0. The summed E-state index contributed by atoms with van der Waals surface area (Å²) in [6, 6.07) is 11.3. The lowest BCUT2D eigenvalue weighted by atomic mass is 9.90. The van der Waals surface area contributed by atoms with Gasteiger partial charge in [0.2, 0.25) is 5.91 Å². The fourth-order valence-electron chi connectivity index (χ4n) is 3.18. The lowest BCUT2D eigenvalue weighted by Gasteiger charge is -2.42. The van der Waals surface area contributed by atoms with Crippen molar-refractivity contribution >= 4 is 5.91 Å². The zero-order chi connectivity index (χ0) is 15.2. The van der Waals surface area contributed by atoms with Crippen LogP contribution < -0.4 is 0 Å². The molecular formula is C18H28N2O. The molecular weight excluding hydrogens is 260 g/mol. The maximum absolute atomic E-state index is 12.5. The van der Waals surface area contributed by atoms with Crippen molar-refractivity contribution in [3.8, 4) is 0 Å². The molecule has 0 saturated carbocycles. The second-order valence-corrected chi connectivity index (χ2v) is 6.26. The van der Waals surface area contributed by atoms with Crippen LogP contribution in [0.3, 0.4) is 0 Å². The summed E-state index contributed by atoms with van der Waals surface area (Å²) in [5.74, 6) is 0.322. The van der Waals surface area contributed by atoms with Crippen LogP contribution in [0.25, 0.3) is 0 Å². The Morgan fingerprint density at radius 3 is 2.62 bits per heavy atom. The number of hydrogen-bond acceptors (Lipinski definition) is 2. The zero-order valence-corrected chi connectivity index (χ0v) is 13.6. The third kappa shape index (κ3) is 4.07. The van der Waals surface area contributed by atoms with Gasteiger partial charge in [0, 0.05) is 19.0 Å². The van der Waals surface area contributed by atoms with E-state index in [9.17, 15) is 4.79 Å². The summed E-state index contributed by atoms with van der Waals surface area (Å²) < 4.78 is 0. The maximum Gasteiger partial charge on any atom is 0.223 e. The normalized spacial score (nSPS) is 22.6. The van der Waals surface area contributed by atoms with Crippen LogP contribution in [0, 0.1) is 0 Å². The predicted octanol–water partition coefficient (Wildman–Crippen LogP) is 3.47. The van der Waals surface area contributed by atoms with Crippen molar-refractivity contribution in [1.29, 1.82) is 0 Å². The van der Waals surface area contributed by atoms with Crippen molar-refractivity contribution in [3.05, 3.63) is 35.9 Å². The molecule has 1 fully saturated rings. The smallest absolute Gasteiger partial charge is 0.223 e. The molecule has 1 saturated heterocycles. The SMILES string of the molecule is CCCCC(=O)N1CCC(N(C)C)CC1c1ccccc1. The van der Waals surface area contributed by atoms with Crippen LogP contribution in [-0.4, -0.2) is 42.4 Å². The highest BCUT2D eigenvalue weighted by Crippen LogP contribution is 2.33. The standard InChI is InChI=1S/C18H28N2O/c1-4-5-11-18(21)20-13-12-16(19(2)3)14-17(20)15-9-7-6-8-10-15/h6-10,16-17H,4-5,11-14H2,1-3H3. The third-order valence-electron chi connectivity index (χ3n) is 4.55. The molecule has 3 nitrogen and oxygen atoms in total. The van der Waals surface area contributed by atoms with Crippen molar-refractivity contribution in [3.63, 3.8) is 0 Å². The number of hydrogen-bond donors (Lipinski definition) is 0. The van der Waals surface area contributed by atoms with Crippen LogP contribution in [0.2, 0.25) is 0 Å². The molecule has 1 amide bonds. The van der Waals surface area contributed by atoms with E-state index < -0.39 is 0 Å². The molecule has 0 radical (unpaired) electrons. The first-order chi connectivity index (χ1) is 10.1. The minimum atomic E-state index is 0.233. The van der Waals surface area contributed by atoms with Crippen molar-refractivity contribution in [2.45, 2.75) is 51.1 Å². The van der Waals surface area contributed by atoms with E-state index in [0.29, 0.717) is 18.4 Å². The van der Waals surface area contributed by atoms with Crippen LogP contribution in [0.1, 0.15) is 50.6 Å². The zero-order valence-electron chi connectivity index (χ0n) is 13.6. The van der Waals surface area contributed by atoms with Gasteiger partial charge in [-0.2, -0.15) is 0 Å². The molecule has 3 heteroatoms. The number of carbonyl (C=O) groups is 1. The summed E-state index contributed by atoms with van der Waals surface area (Å²) in [4.78, 5) is 16.9. The van der Waals surface area contributed by atoms with E-state index in [4.69, 9.17) is 0 Å². The second-order valence-electron chi connectivity index (χ2n) is 6.26. The van der Waals surface area contributed by atoms with Gasteiger partial charge in [0.05, 0.1) is 6.04 Å². The van der Waals surface area contributed by atoms with Gasteiger partial charge in [0.1, 0.15) is 0 Å². The Morgan fingerprint density at radius 2 is 2.00 bits per heavy atom. The van der Waals surface area contributed by atoms with E-state index in [1.54, 1.807) is 0 Å². The Morgan fingerprint density at radius 1 is 1.29 bits per heavy atom. The average Bonchev–Trinajstić information content (AvgIpc) is 2.52. The van der Waals surface area contributed by atoms with E-state index >= 15 is 0 Å². The minimum Gasteiger partial charge on any atom is -0.336 e. The summed E-state index contributed by atoms with van der Waals surface area (Å²) in [6.07, 6.45) is 4.87. The third-order valence-corrected chi connectivity index (χ3v) is 4.55. The summed E-state index contributed by atoms with van der Waals surface area (Å²) in [5.41, 5.74) is 1.27. The Labute approximate surface area is 128 Å². The number of carbonyl (C=O) groups excluding carboxylic acids is 1. The van der Waals surface area contributed by atoms with Crippen LogP contribution in [0.4, 0.5) is 0 Å². The topological polar surface area (TPSA) is 23.6 Å².